The Morgan fingerprint density at radius 1 is 1.28 bits per heavy atom. The van der Waals surface area contributed by atoms with Gasteiger partial charge < -0.3 is 9.47 Å². The summed E-state index contributed by atoms with van der Waals surface area (Å²) in [7, 11) is 0. The molecule has 2 aromatic heterocycles. The maximum atomic E-state index is 13.3. The van der Waals surface area contributed by atoms with Crippen LogP contribution in [-0.2, 0) is 0 Å². The van der Waals surface area contributed by atoms with Crippen molar-refractivity contribution in [2.24, 2.45) is 0 Å². The van der Waals surface area contributed by atoms with E-state index < -0.39 is 6.17 Å². The van der Waals surface area contributed by atoms with E-state index in [1.807, 2.05) is 29.0 Å². The maximum Gasteiger partial charge on any atom is 0.255 e. The monoisotopic (exact) mass is 334 g/mol. The normalized spacial score (nSPS) is 17.0. The summed E-state index contributed by atoms with van der Waals surface area (Å²) in [6.45, 7) is 7.62. The summed E-state index contributed by atoms with van der Waals surface area (Å²) in [5.74, 6) is -0.177. The van der Waals surface area contributed by atoms with Crippen molar-refractivity contribution in [1.82, 2.24) is 14.5 Å². The van der Waals surface area contributed by atoms with Crippen LogP contribution < -0.4 is 0 Å². The number of amides is 1. The Bertz CT molecular complexity index is 987. The Kier molecular flexibility index (Phi) is 3.69. The number of alkyl halides is 1. The van der Waals surface area contributed by atoms with E-state index in [1.54, 1.807) is 24.4 Å². The largest absolute Gasteiger partial charge is 0.336 e. The zero-order valence-corrected chi connectivity index (χ0v) is 13.4. The number of carbonyl (C=O) groups is 1. The number of benzene rings is 1. The average Bonchev–Trinajstić information content (AvgIpc) is 3.27. The van der Waals surface area contributed by atoms with E-state index in [0.717, 1.165) is 16.7 Å². The number of nitrogens with zero attached hydrogens (tertiary/aromatic N) is 4. The van der Waals surface area contributed by atoms with Crippen LogP contribution >= 0.6 is 0 Å². The van der Waals surface area contributed by atoms with Crippen molar-refractivity contribution in [2.45, 2.75) is 12.6 Å². The lowest BCUT2D eigenvalue weighted by Gasteiger charge is -2.15. The number of carbonyl (C=O) groups excluding carboxylic acids is 1. The standard InChI is InChI=1S/C19H15FN4O/c1-21-16-2-4-17(5-3-16)24-9-6-13-10-14(11-22-18(13)24)19(25)23-8-7-15(20)12-23/h2-6,9-11,15H,7-8,12H2/t15-/m0/s1. The quantitative estimate of drug-likeness (QED) is 0.670. The summed E-state index contributed by atoms with van der Waals surface area (Å²) in [5.41, 5.74) is 2.69. The summed E-state index contributed by atoms with van der Waals surface area (Å²) in [6, 6.07) is 10.9. The first kappa shape index (κ1) is 15.3. The van der Waals surface area contributed by atoms with E-state index in [9.17, 15) is 9.18 Å². The van der Waals surface area contributed by atoms with Gasteiger partial charge in [0, 0.05) is 30.0 Å². The van der Waals surface area contributed by atoms with E-state index in [1.165, 1.54) is 4.90 Å². The molecular weight excluding hydrogens is 319 g/mol. The predicted molar refractivity (Wildman–Crippen MR) is 92.7 cm³/mol. The van der Waals surface area contributed by atoms with Gasteiger partial charge in [0.05, 0.1) is 18.7 Å². The molecule has 1 amide bonds. The molecular formula is C19H15FN4O. The minimum absolute atomic E-state index is 0.158. The van der Waals surface area contributed by atoms with Crippen molar-refractivity contribution in [3.05, 3.63) is 65.8 Å². The number of fused-ring (bicyclic) bond motifs is 1. The SMILES string of the molecule is [C-]#[N+]c1ccc(-n2ccc3cc(C(=O)N4CC[C@H](F)C4)cnc32)cc1. The van der Waals surface area contributed by atoms with Crippen LogP contribution in [0.25, 0.3) is 21.6 Å². The number of aromatic nitrogens is 2. The van der Waals surface area contributed by atoms with Gasteiger partial charge >= 0.3 is 0 Å². The number of hydrogen-bond donors (Lipinski definition) is 0. The third-order valence-corrected chi connectivity index (χ3v) is 4.45. The molecule has 1 aliphatic rings. The Morgan fingerprint density at radius 3 is 2.76 bits per heavy atom. The second-order valence-corrected chi connectivity index (χ2v) is 6.09. The molecule has 3 aromatic rings. The first-order chi connectivity index (χ1) is 12.2. The van der Waals surface area contributed by atoms with Crippen molar-refractivity contribution in [3.8, 4) is 5.69 Å². The van der Waals surface area contributed by atoms with Gasteiger partial charge in [0.15, 0.2) is 5.69 Å². The molecule has 1 atom stereocenters. The third-order valence-electron chi connectivity index (χ3n) is 4.45. The molecule has 6 heteroatoms. The van der Waals surface area contributed by atoms with Crippen molar-refractivity contribution in [3.63, 3.8) is 0 Å². The number of pyridine rings is 1. The fourth-order valence-corrected chi connectivity index (χ4v) is 3.12. The fraction of sp³-hybridized carbons (Fsp3) is 0.211. The molecule has 0 aliphatic carbocycles. The average molecular weight is 334 g/mol. The molecule has 4 rings (SSSR count). The summed E-state index contributed by atoms with van der Waals surface area (Å²) >= 11 is 0. The fourth-order valence-electron chi connectivity index (χ4n) is 3.12. The Morgan fingerprint density at radius 2 is 2.08 bits per heavy atom. The zero-order chi connectivity index (χ0) is 17.4. The number of likely N-dealkylation sites (tertiary alicyclic amines) is 1. The lowest BCUT2D eigenvalue weighted by molar-refractivity contribution is 0.0782. The first-order valence-corrected chi connectivity index (χ1v) is 8.04. The van der Waals surface area contributed by atoms with Crippen LogP contribution in [-0.4, -0.2) is 39.6 Å². The topological polar surface area (TPSA) is 42.5 Å². The van der Waals surface area contributed by atoms with Crippen LogP contribution in [0.3, 0.4) is 0 Å². The van der Waals surface area contributed by atoms with Crippen molar-refractivity contribution >= 4 is 22.6 Å². The van der Waals surface area contributed by atoms with Crippen molar-refractivity contribution < 1.29 is 9.18 Å². The highest BCUT2D eigenvalue weighted by Crippen LogP contribution is 2.23. The molecule has 0 saturated carbocycles. The van der Waals surface area contributed by atoms with Gasteiger partial charge in [-0.15, -0.1) is 0 Å². The third kappa shape index (κ3) is 2.74. The van der Waals surface area contributed by atoms with Crippen LogP contribution in [0.1, 0.15) is 16.8 Å². The van der Waals surface area contributed by atoms with Crippen LogP contribution in [0, 0.1) is 6.57 Å². The molecule has 0 radical (unpaired) electrons. The van der Waals surface area contributed by atoms with E-state index in [0.29, 0.717) is 24.2 Å². The Hall–Kier alpha value is -3.20. The molecule has 0 spiro atoms. The van der Waals surface area contributed by atoms with Gasteiger partial charge in [-0.1, -0.05) is 12.1 Å². The highest BCUT2D eigenvalue weighted by Gasteiger charge is 2.27. The molecule has 1 aliphatic heterocycles. The van der Waals surface area contributed by atoms with Crippen molar-refractivity contribution in [1.29, 1.82) is 0 Å². The zero-order valence-electron chi connectivity index (χ0n) is 13.4. The summed E-state index contributed by atoms with van der Waals surface area (Å²) in [4.78, 5) is 21.8. The van der Waals surface area contributed by atoms with Gasteiger partial charge in [-0.05, 0) is 30.7 Å². The second-order valence-electron chi connectivity index (χ2n) is 6.09. The van der Waals surface area contributed by atoms with Gasteiger partial charge in [0.2, 0.25) is 0 Å². The second kappa shape index (κ2) is 6.02. The maximum absolute atomic E-state index is 13.3. The van der Waals surface area contributed by atoms with Crippen molar-refractivity contribution in [2.75, 3.05) is 13.1 Å². The van der Waals surface area contributed by atoms with E-state index in [2.05, 4.69) is 9.83 Å². The molecule has 0 unspecified atom stereocenters. The lowest BCUT2D eigenvalue weighted by atomic mass is 10.2. The van der Waals surface area contributed by atoms with Gasteiger partial charge in [-0.25, -0.2) is 14.2 Å². The van der Waals surface area contributed by atoms with Gasteiger partial charge in [0.1, 0.15) is 11.8 Å². The Labute approximate surface area is 144 Å². The van der Waals surface area contributed by atoms with Gasteiger partial charge in [-0.3, -0.25) is 4.79 Å². The van der Waals surface area contributed by atoms with E-state index >= 15 is 0 Å². The van der Waals surface area contributed by atoms with Gasteiger partial charge in [0.25, 0.3) is 5.91 Å². The molecule has 1 aromatic carbocycles. The number of halogens is 1. The molecule has 1 saturated heterocycles. The highest BCUT2D eigenvalue weighted by atomic mass is 19.1. The minimum atomic E-state index is -0.930. The molecule has 1 fully saturated rings. The molecule has 5 nitrogen and oxygen atoms in total. The van der Waals surface area contributed by atoms with Crippen LogP contribution in [0.4, 0.5) is 10.1 Å². The molecule has 25 heavy (non-hydrogen) atoms. The van der Waals surface area contributed by atoms with E-state index in [-0.39, 0.29) is 12.5 Å². The number of rotatable bonds is 2. The van der Waals surface area contributed by atoms with Gasteiger partial charge in [-0.2, -0.15) is 0 Å². The summed E-state index contributed by atoms with van der Waals surface area (Å²) < 4.78 is 15.2. The smallest absolute Gasteiger partial charge is 0.255 e. The number of hydrogen-bond acceptors (Lipinski definition) is 2. The molecule has 0 bridgehead atoms. The summed E-state index contributed by atoms with van der Waals surface area (Å²) in [5, 5.41) is 0.844. The van der Waals surface area contributed by atoms with Crippen LogP contribution in [0.15, 0.2) is 48.8 Å². The predicted octanol–water partition coefficient (Wildman–Crippen LogP) is 3.76. The molecule has 124 valence electrons. The lowest BCUT2D eigenvalue weighted by Crippen LogP contribution is -2.29. The summed E-state index contributed by atoms with van der Waals surface area (Å²) in [6.07, 6.45) is 2.89. The molecule has 0 N–H and O–H groups in total. The van der Waals surface area contributed by atoms with Crippen LogP contribution in [0.5, 0.6) is 0 Å². The first-order valence-electron chi connectivity index (χ1n) is 8.04. The van der Waals surface area contributed by atoms with E-state index in [4.69, 9.17) is 6.57 Å². The molecule has 3 heterocycles. The Balaban J connectivity index is 1.67. The highest BCUT2D eigenvalue weighted by molar-refractivity contribution is 5.97. The van der Waals surface area contributed by atoms with Crippen LogP contribution in [0.2, 0.25) is 0 Å². The minimum Gasteiger partial charge on any atom is -0.336 e.